The summed E-state index contributed by atoms with van der Waals surface area (Å²) in [5.41, 5.74) is 23.2. The highest BCUT2D eigenvalue weighted by Crippen LogP contribution is 2.39. The van der Waals surface area contributed by atoms with Crippen LogP contribution in [0.15, 0.2) is 237 Å². The summed E-state index contributed by atoms with van der Waals surface area (Å²) in [4.78, 5) is 0. The monoisotopic (exact) mass is 1310 g/mol. The van der Waals surface area contributed by atoms with Gasteiger partial charge < -0.3 is 0 Å². The maximum absolute atomic E-state index is 9.05. The number of nitrogens with zero attached hydrogens (tertiary/aromatic N) is 4. The van der Waals surface area contributed by atoms with Crippen molar-refractivity contribution in [1.29, 1.82) is 0 Å². The minimum Gasteiger partial charge on any atom is -0.201 e. The van der Waals surface area contributed by atoms with E-state index in [1.54, 1.807) is 84.5 Å². The number of aromatic nitrogens is 4. The molecular weight excluding hydrogens is 1190 g/mol. The molecule has 8 aromatic carbocycles. The summed E-state index contributed by atoms with van der Waals surface area (Å²) in [6, 6.07) is 66.3. The van der Waals surface area contributed by atoms with E-state index >= 15 is 0 Å². The Bertz CT molecular complexity index is 5640. The van der Waals surface area contributed by atoms with Gasteiger partial charge in [-0.3, -0.25) is 0 Å². The van der Waals surface area contributed by atoms with Crippen LogP contribution in [0.2, 0.25) is 0 Å². The topological polar surface area (TPSA) is 15.5 Å². The smallest absolute Gasteiger partial charge is 0.201 e. The molecule has 0 amide bonds. The Morgan fingerprint density at radius 3 is 0.969 bits per heavy atom. The molecule has 0 spiro atoms. The lowest BCUT2D eigenvalue weighted by molar-refractivity contribution is -0.660. The van der Waals surface area contributed by atoms with Crippen LogP contribution >= 0.6 is 0 Å². The van der Waals surface area contributed by atoms with Crippen LogP contribution in [-0.2, 0) is 28.2 Å². The first-order valence-electron chi connectivity index (χ1n) is 44.1. The summed E-state index contributed by atoms with van der Waals surface area (Å²) in [7, 11) is 7.69. The van der Waals surface area contributed by atoms with E-state index in [1.807, 2.05) is 156 Å². The molecule has 4 aromatic heterocycles. The van der Waals surface area contributed by atoms with E-state index < -0.39 is 52.9 Å². The van der Waals surface area contributed by atoms with Crippen LogP contribution < -0.4 is 18.3 Å². The number of rotatable bonds is 10. The van der Waals surface area contributed by atoms with Gasteiger partial charge in [0.1, 0.15) is 28.2 Å². The molecule has 98 heavy (non-hydrogen) atoms. The maximum atomic E-state index is 9.05. The zero-order valence-electron chi connectivity index (χ0n) is 78.2. The van der Waals surface area contributed by atoms with Crippen molar-refractivity contribution in [3.05, 3.63) is 309 Å². The molecular formula is C94H104N4+4. The van der Waals surface area contributed by atoms with Crippen LogP contribution in [0.5, 0.6) is 0 Å². The summed E-state index contributed by atoms with van der Waals surface area (Å²) < 4.78 is 166. The second-order valence-corrected chi connectivity index (χ2v) is 26.4. The zero-order chi connectivity index (χ0) is 86.0. The fraction of sp³-hybridized carbons (Fsp3) is 0.277. The van der Waals surface area contributed by atoms with E-state index in [0.29, 0.717) is 44.5 Å². The third-order valence-electron chi connectivity index (χ3n) is 19.4. The lowest BCUT2D eigenvalue weighted by atomic mass is 9.84. The van der Waals surface area contributed by atoms with Crippen molar-refractivity contribution in [3.8, 4) is 89.5 Å². The standard InChI is InChI=1S/C26H30N.C25H28N.C22H24N.C21H22N/c1-19-9-7-8-12-24(19)23-14-13-20(2)25(17-23)26-18-22(15-16-27(26)3)21-10-5-4-6-11-21;1-18-8-4-7-11-23(18)22-13-12-19(2)24(16-22)25-17-21(14-15-26(25)3)20-9-5-6-10-20;1-15-8-6-7-9-20(15)19-11-10-16(2)21(13-19)22-12-17(3)18(4)14-23(22)5;1-15-9-12-21(22(4)14-15)20-13-18(11-10-17(20)3)19-8-6-5-7-16(19)2/h7-9,12-18,21H,4-6,10-11H2,1-3H3;4,7-8,11-17,20H,5-6,9-10H2,1-3H3;6-14H,1-5H3;5-14H,1-4H3/q4*+1/i1D3,21D;1D3,20D;1D3,4D3;1D3,2D3. The van der Waals surface area contributed by atoms with Gasteiger partial charge in [0, 0.05) is 97.2 Å². The van der Waals surface area contributed by atoms with Crippen molar-refractivity contribution in [2.45, 2.75) is 145 Å². The predicted octanol–water partition coefficient (Wildman–Crippen LogP) is 22.5. The summed E-state index contributed by atoms with van der Waals surface area (Å²) in [6.07, 6.45) is 16.7. The molecule has 12 aromatic rings. The Kier molecular flexibility index (Phi) is 15.6. The van der Waals surface area contributed by atoms with E-state index in [9.17, 15) is 0 Å². The molecule has 2 saturated carbocycles. The molecule has 2 aliphatic rings. The Labute approximate surface area is 615 Å². The lowest BCUT2D eigenvalue weighted by Gasteiger charge is -2.22. The van der Waals surface area contributed by atoms with Gasteiger partial charge in [-0.05, 0) is 249 Å². The van der Waals surface area contributed by atoms with Crippen molar-refractivity contribution in [2.24, 2.45) is 28.2 Å². The Morgan fingerprint density at radius 1 is 0.276 bits per heavy atom. The van der Waals surface area contributed by atoms with Crippen LogP contribution in [-0.4, -0.2) is 0 Å². The molecule has 0 radical (unpaired) electrons. The molecule has 0 aliphatic heterocycles. The van der Waals surface area contributed by atoms with Crippen molar-refractivity contribution in [3.63, 3.8) is 0 Å². The molecule has 0 bridgehead atoms. The van der Waals surface area contributed by atoms with Crippen LogP contribution in [0.4, 0.5) is 0 Å². The normalized spacial score (nSPS) is 17.4. The highest BCUT2D eigenvalue weighted by Gasteiger charge is 2.24. The van der Waals surface area contributed by atoms with Crippen molar-refractivity contribution >= 4 is 0 Å². The van der Waals surface area contributed by atoms with Gasteiger partial charge in [-0.1, -0.05) is 178 Å². The molecule has 0 unspecified atom stereocenters. The summed E-state index contributed by atoms with van der Waals surface area (Å²) in [6.45, 7) is -3.13. The third kappa shape index (κ3) is 16.3. The number of hydrogen-bond donors (Lipinski definition) is 0. The fourth-order valence-corrected chi connectivity index (χ4v) is 13.6. The van der Waals surface area contributed by atoms with Gasteiger partial charge in [-0.15, -0.1) is 0 Å². The molecule has 2 fully saturated rings. The second-order valence-electron chi connectivity index (χ2n) is 26.4. The molecule has 0 atom stereocenters. The van der Waals surface area contributed by atoms with Crippen LogP contribution in [0.1, 0.15) is 169 Å². The number of pyridine rings is 4. The van der Waals surface area contributed by atoms with Crippen molar-refractivity contribution in [2.75, 3.05) is 0 Å². The third-order valence-corrected chi connectivity index (χ3v) is 19.4. The average Bonchev–Trinajstić information content (AvgIpc) is 1.58. The maximum Gasteiger partial charge on any atom is 0.212 e. The van der Waals surface area contributed by atoms with Gasteiger partial charge in [0.2, 0.25) is 22.8 Å². The largest absolute Gasteiger partial charge is 0.212 e. The molecule has 496 valence electrons. The fourth-order valence-electron chi connectivity index (χ4n) is 13.6. The van der Waals surface area contributed by atoms with E-state index in [-0.39, 0.29) is 5.56 Å². The first-order chi connectivity index (χ1) is 55.2. The highest BCUT2D eigenvalue weighted by atomic mass is 14.9. The minimum absolute atomic E-state index is 0.278. The minimum atomic E-state index is -2.20. The van der Waals surface area contributed by atoms with Crippen molar-refractivity contribution in [1.82, 2.24) is 0 Å². The second kappa shape index (κ2) is 31.7. The van der Waals surface area contributed by atoms with E-state index in [1.165, 1.54) is 6.42 Å². The number of hydrogen-bond acceptors (Lipinski definition) is 0. The lowest BCUT2D eigenvalue weighted by Crippen LogP contribution is -2.31. The van der Waals surface area contributed by atoms with Crippen LogP contribution in [0.25, 0.3) is 89.5 Å². The van der Waals surface area contributed by atoms with Gasteiger partial charge in [0.25, 0.3) is 0 Å². The summed E-state index contributed by atoms with van der Waals surface area (Å²) in [5, 5.41) is 0. The van der Waals surface area contributed by atoms with Crippen LogP contribution in [0, 0.1) is 75.7 Å². The molecule has 2 aliphatic carbocycles. The van der Waals surface area contributed by atoms with Gasteiger partial charge in [0.15, 0.2) is 24.8 Å². The molecule has 0 saturated heterocycles. The van der Waals surface area contributed by atoms with E-state index in [0.717, 1.165) is 163 Å². The summed E-state index contributed by atoms with van der Waals surface area (Å²) >= 11 is 0. The van der Waals surface area contributed by atoms with E-state index in [4.69, 9.17) is 27.4 Å². The quantitative estimate of drug-likeness (QED) is 0.121. The van der Waals surface area contributed by atoms with Gasteiger partial charge in [-0.25, -0.2) is 18.3 Å². The van der Waals surface area contributed by atoms with Crippen molar-refractivity contribution < 1.29 is 45.7 Å². The van der Waals surface area contributed by atoms with E-state index in [2.05, 4.69) is 77.7 Å². The van der Waals surface area contributed by atoms with Gasteiger partial charge >= 0.3 is 0 Å². The average molecular weight is 1310 g/mol. The molecule has 14 rings (SSSR count). The van der Waals surface area contributed by atoms with Gasteiger partial charge in [-0.2, -0.15) is 0 Å². The SMILES string of the molecule is [2H]C([2H])([2H])c1c[n+](C)c(-c2cc(-c3ccccc3C([2H])([2H])[2H])ccc2C)cc1C.[2H]C([2H])([2H])c1ccc(-c2cc(-c3ccccc3C([2H])([2H])[2H])ccc2C)[n+](C)c1.[2H]C([2H])([2H])c1ccccc1-c1ccc(C)c(-c2cc(C3([2H])CCCC3)cc[n+]2C)c1.[2H]C([2H])([2H])c1ccccc1-c1ccc(C)c(-c2cc(C3([2H])CCCCC3)cc[n+]2C)c1. The Hall–Kier alpha value is -9.64. The van der Waals surface area contributed by atoms with Gasteiger partial charge in [0.05, 0.1) is 0 Å². The summed E-state index contributed by atoms with van der Waals surface area (Å²) in [5.74, 6) is -1.01. The molecule has 0 N–H and O–H groups in total. The first-order valence-corrected chi connectivity index (χ1v) is 34.1. The number of aryl methyl sites for hydroxylation is 15. The van der Waals surface area contributed by atoms with Crippen LogP contribution in [0.3, 0.4) is 0 Å². The highest BCUT2D eigenvalue weighted by molar-refractivity contribution is 5.78. The zero-order valence-corrected chi connectivity index (χ0v) is 58.2. The molecule has 4 heteroatoms. The Balaban J connectivity index is 0.000000154. The molecule has 4 nitrogen and oxygen atoms in total. The molecule has 4 heterocycles. The first kappa shape index (κ1) is 48.1. The Morgan fingerprint density at radius 2 is 0.612 bits per heavy atom. The predicted molar refractivity (Wildman–Crippen MR) is 413 cm³/mol. The number of benzene rings is 8.